The summed E-state index contributed by atoms with van der Waals surface area (Å²) in [6.07, 6.45) is 24.7. The number of methoxy groups -OCH3 is 2. The molecule has 2 N–H and O–H groups in total. The maximum Gasteiger partial charge on any atom is 0.348 e. The molecule has 0 spiro atoms. The van der Waals surface area contributed by atoms with Crippen LogP contribution in [0.15, 0.2) is 18.2 Å². The molecule has 10 nitrogen and oxygen atoms in total. The van der Waals surface area contributed by atoms with Crippen LogP contribution in [0, 0.1) is 23.7 Å². The molecule has 0 radical (unpaired) electrons. The molecule has 2 aromatic heterocycles. The number of thiophene rings is 2. The zero-order chi connectivity index (χ0) is 45.1. The van der Waals surface area contributed by atoms with Gasteiger partial charge in [0.05, 0.1) is 23.6 Å². The van der Waals surface area contributed by atoms with Crippen LogP contribution in [0.2, 0.25) is 0 Å². The Morgan fingerprint density at radius 2 is 1.14 bits per heavy atom. The van der Waals surface area contributed by atoms with Crippen LogP contribution in [-0.4, -0.2) is 72.5 Å². The van der Waals surface area contributed by atoms with E-state index >= 15 is 4.79 Å². The number of carbonyl (C=O) groups is 4. The maximum atomic E-state index is 15.2. The Balaban J connectivity index is 1.23. The van der Waals surface area contributed by atoms with Crippen LogP contribution in [0.3, 0.4) is 0 Å². The molecule has 8 rings (SSSR count). The Hall–Kier alpha value is -3.32. The largest absolute Gasteiger partial charge is 0.477 e. The number of carbonyl (C=O) groups excluding carboxylic acids is 2. The number of hydrogen-bond donors (Lipinski definition) is 2. The number of rotatable bonds is 13. The lowest BCUT2D eigenvalue weighted by Gasteiger charge is -2.40. The number of amides is 2. The normalized spacial score (nSPS) is 30.2. The van der Waals surface area contributed by atoms with E-state index in [1.165, 1.54) is 28.2 Å². The van der Waals surface area contributed by atoms with Crippen molar-refractivity contribution < 1.29 is 38.9 Å². The second-order valence-corrected chi connectivity index (χ2v) is 22.4. The molecule has 0 bridgehead atoms. The molecule has 4 saturated carbocycles. The summed E-state index contributed by atoms with van der Waals surface area (Å²) < 4.78 is 11.5. The highest BCUT2D eigenvalue weighted by molar-refractivity contribution is 7.16. The summed E-state index contributed by atoms with van der Waals surface area (Å²) in [5, 5.41) is 22.0. The quantitative estimate of drug-likeness (QED) is 0.203. The molecule has 12 heteroatoms. The summed E-state index contributed by atoms with van der Waals surface area (Å²) in [7, 11) is 3.50. The SMILES string of the molecule is COC1CCC(N(C(=O)C2CCC(C)CC2)c2cc(C3=CC(c4c(C5=CCCCC5)sc(C(=O)O)c4N(C(=O)C4CCC(C)CC4)C4CCC(OC)CC4)CCC3)sc2C(=O)O)CC1. The average Bonchev–Trinajstić information content (AvgIpc) is 3.94. The summed E-state index contributed by atoms with van der Waals surface area (Å²) in [5.41, 5.74) is 4.31. The highest BCUT2D eigenvalue weighted by Crippen LogP contribution is 2.52. The van der Waals surface area contributed by atoms with Crippen molar-refractivity contribution in [3.63, 3.8) is 0 Å². The summed E-state index contributed by atoms with van der Waals surface area (Å²) in [4.78, 5) is 63.1. The molecular weight excluding hydrogens is 845 g/mol. The standard InChI is InChI=1S/C52H72N2O8S2/c1-31-13-17-34(18-14-31)49(55)53(38-21-25-40(61-3)26-22-38)42-30-43(63-47(42)51(57)58)36-11-8-12-37(29-36)44-45(48(52(59)60)64-46(44)33-9-6-5-7-10-33)54(39-23-27-41(62-4)28-24-39)50(56)35-19-15-32(2)16-20-35/h9,29-32,34-35,37-41H,5-8,10-28H2,1-4H3,(H,57,58)(H,59,60). The van der Waals surface area contributed by atoms with Gasteiger partial charge in [0, 0.05) is 59.4 Å². The molecule has 64 heavy (non-hydrogen) atoms. The van der Waals surface area contributed by atoms with Crippen molar-refractivity contribution in [2.45, 2.75) is 192 Å². The van der Waals surface area contributed by atoms with E-state index in [1.54, 1.807) is 14.2 Å². The van der Waals surface area contributed by atoms with E-state index in [4.69, 9.17) is 9.47 Å². The van der Waals surface area contributed by atoms with Gasteiger partial charge in [-0.05, 0) is 177 Å². The molecule has 0 saturated heterocycles. The molecule has 1 unspecified atom stereocenters. The smallest absolute Gasteiger partial charge is 0.348 e. The summed E-state index contributed by atoms with van der Waals surface area (Å²) in [6.45, 7) is 4.51. The van der Waals surface area contributed by atoms with E-state index in [0.717, 1.165) is 169 Å². The van der Waals surface area contributed by atoms with Crippen molar-refractivity contribution in [2.75, 3.05) is 24.0 Å². The first kappa shape index (κ1) is 47.2. The number of aromatic carboxylic acids is 2. The van der Waals surface area contributed by atoms with E-state index in [9.17, 15) is 24.6 Å². The summed E-state index contributed by atoms with van der Waals surface area (Å²) in [6, 6.07) is 1.76. The number of ether oxygens (including phenoxy) is 2. The third-order valence-corrected chi connectivity index (χ3v) is 18.5. The first-order valence-corrected chi connectivity index (χ1v) is 26.5. The Morgan fingerprint density at radius 3 is 1.66 bits per heavy atom. The van der Waals surface area contributed by atoms with Gasteiger partial charge in [-0.3, -0.25) is 9.59 Å². The molecular formula is C52H72N2O8S2. The van der Waals surface area contributed by atoms with Gasteiger partial charge in [-0.25, -0.2) is 9.59 Å². The Bertz CT molecular complexity index is 2050. The van der Waals surface area contributed by atoms with Crippen LogP contribution >= 0.6 is 22.7 Å². The van der Waals surface area contributed by atoms with Crippen molar-refractivity contribution in [1.82, 2.24) is 0 Å². The fourth-order valence-corrected chi connectivity index (χ4v) is 14.4. The highest BCUT2D eigenvalue weighted by atomic mass is 32.1. The molecule has 2 aromatic rings. The first-order valence-electron chi connectivity index (χ1n) is 24.8. The number of carboxylic acids is 2. The van der Waals surface area contributed by atoms with Gasteiger partial charge in [0.25, 0.3) is 0 Å². The predicted molar refractivity (Wildman–Crippen MR) is 257 cm³/mol. The van der Waals surface area contributed by atoms with Gasteiger partial charge in [-0.2, -0.15) is 0 Å². The molecule has 6 aliphatic carbocycles. The van der Waals surface area contributed by atoms with Crippen LogP contribution in [-0.2, 0) is 19.1 Å². The van der Waals surface area contributed by atoms with E-state index in [-0.39, 0.29) is 63.6 Å². The summed E-state index contributed by atoms with van der Waals surface area (Å²) in [5.74, 6) is -1.18. The number of anilines is 2. The fourth-order valence-electron chi connectivity index (χ4n) is 12.1. The van der Waals surface area contributed by atoms with Crippen LogP contribution < -0.4 is 9.80 Å². The zero-order valence-electron chi connectivity index (χ0n) is 38.7. The molecule has 2 amide bonds. The fraction of sp³-hybridized carbons (Fsp3) is 0.692. The monoisotopic (exact) mass is 916 g/mol. The molecule has 6 aliphatic rings. The van der Waals surface area contributed by atoms with Crippen molar-refractivity contribution in [3.05, 3.63) is 43.3 Å². The topological polar surface area (TPSA) is 134 Å². The minimum absolute atomic E-state index is 0.0568. The van der Waals surface area contributed by atoms with Gasteiger partial charge in [-0.15, -0.1) is 22.7 Å². The Labute approximate surface area is 388 Å². The van der Waals surface area contributed by atoms with Crippen molar-refractivity contribution >= 4 is 68.9 Å². The van der Waals surface area contributed by atoms with Crippen molar-refractivity contribution in [3.8, 4) is 0 Å². The van der Waals surface area contributed by atoms with Crippen LogP contribution in [0.4, 0.5) is 11.4 Å². The number of hydrogen-bond acceptors (Lipinski definition) is 8. The maximum absolute atomic E-state index is 15.2. The van der Waals surface area contributed by atoms with Crippen LogP contribution in [0.1, 0.15) is 202 Å². The zero-order valence-corrected chi connectivity index (χ0v) is 40.4. The van der Waals surface area contributed by atoms with Crippen molar-refractivity contribution in [2.24, 2.45) is 23.7 Å². The first-order chi connectivity index (χ1) is 30.9. The lowest BCUT2D eigenvalue weighted by molar-refractivity contribution is -0.125. The minimum Gasteiger partial charge on any atom is -0.477 e. The van der Waals surface area contributed by atoms with Gasteiger partial charge >= 0.3 is 11.9 Å². The number of allylic oxidation sites excluding steroid dienone is 4. The Kier molecular flexibility index (Phi) is 15.6. The highest BCUT2D eigenvalue weighted by Gasteiger charge is 2.43. The number of carboxylic acid groups (broad SMARTS) is 2. The van der Waals surface area contributed by atoms with Crippen LogP contribution in [0.5, 0.6) is 0 Å². The average molecular weight is 917 g/mol. The van der Waals surface area contributed by atoms with Gasteiger partial charge in [0.15, 0.2) is 0 Å². The molecule has 2 heterocycles. The van der Waals surface area contributed by atoms with Gasteiger partial charge in [0.2, 0.25) is 11.8 Å². The van der Waals surface area contributed by atoms with Crippen molar-refractivity contribution in [1.29, 1.82) is 0 Å². The van der Waals surface area contributed by atoms with Gasteiger partial charge in [-0.1, -0.05) is 26.0 Å². The Morgan fingerprint density at radius 1 is 0.609 bits per heavy atom. The minimum atomic E-state index is -1.02. The second kappa shape index (κ2) is 21.1. The van der Waals surface area contributed by atoms with E-state index < -0.39 is 11.9 Å². The van der Waals surface area contributed by atoms with Gasteiger partial charge < -0.3 is 29.5 Å². The molecule has 350 valence electrons. The lowest BCUT2D eigenvalue weighted by atomic mass is 9.80. The predicted octanol–water partition coefficient (Wildman–Crippen LogP) is 12.7. The number of nitrogens with zero attached hydrogens (tertiary/aromatic N) is 2. The van der Waals surface area contributed by atoms with Crippen LogP contribution in [0.25, 0.3) is 11.1 Å². The second-order valence-electron chi connectivity index (χ2n) is 20.3. The third-order valence-electron chi connectivity index (χ3n) is 16.0. The molecule has 1 atom stereocenters. The summed E-state index contributed by atoms with van der Waals surface area (Å²) >= 11 is 2.63. The van der Waals surface area contributed by atoms with E-state index in [0.29, 0.717) is 23.2 Å². The molecule has 0 aliphatic heterocycles. The molecule has 4 fully saturated rings. The molecule has 0 aromatic carbocycles. The van der Waals surface area contributed by atoms with E-state index in [2.05, 4.69) is 26.0 Å². The van der Waals surface area contributed by atoms with E-state index in [1.807, 2.05) is 15.9 Å². The van der Waals surface area contributed by atoms with Gasteiger partial charge in [0.1, 0.15) is 9.75 Å². The third kappa shape index (κ3) is 10.2. The lowest BCUT2D eigenvalue weighted by Crippen LogP contribution is -2.47.